The first-order valence-electron chi connectivity index (χ1n) is 7.74. The highest BCUT2D eigenvalue weighted by Gasteiger charge is 2.42. The monoisotopic (exact) mass is 302 g/mol. The molecule has 0 spiro atoms. The van der Waals surface area contributed by atoms with Crippen molar-refractivity contribution < 1.29 is 23.8 Å². The number of rotatable bonds is 9. The molecule has 0 saturated carbocycles. The molecule has 124 valence electrons. The Bertz CT molecular complexity index is 313. The molecule has 0 bridgehead atoms. The van der Waals surface area contributed by atoms with E-state index in [4.69, 9.17) is 14.2 Å². The van der Waals surface area contributed by atoms with Gasteiger partial charge >= 0.3 is 12.1 Å². The van der Waals surface area contributed by atoms with E-state index < -0.39 is 11.6 Å². The Labute approximate surface area is 128 Å². The molecule has 0 aliphatic heterocycles. The molecule has 0 aliphatic carbocycles. The molecule has 0 aromatic carbocycles. The van der Waals surface area contributed by atoms with Gasteiger partial charge in [0, 0.05) is 0 Å². The molecule has 0 heterocycles. The maximum Gasteiger partial charge on any atom is 0.508 e. The average molecular weight is 302 g/mol. The van der Waals surface area contributed by atoms with E-state index in [1.807, 2.05) is 27.7 Å². The van der Waals surface area contributed by atoms with Crippen LogP contribution >= 0.6 is 0 Å². The van der Waals surface area contributed by atoms with Gasteiger partial charge in [-0.2, -0.15) is 0 Å². The first kappa shape index (κ1) is 19.7. The smallest absolute Gasteiger partial charge is 0.465 e. The topological polar surface area (TPSA) is 61.8 Å². The Kier molecular flexibility index (Phi) is 9.06. The number of carbonyl (C=O) groups excluding carboxylic acids is 2. The third kappa shape index (κ3) is 7.34. The molecule has 21 heavy (non-hydrogen) atoms. The van der Waals surface area contributed by atoms with Gasteiger partial charge in [0.2, 0.25) is 0 Å². The molecule has 0 radical (unpaired) electrons. The van der Waals surface area contributed by atoms with E-state index in [2.05, 4.69) is 0 Å². The van der Waals surface area contributed by atoms with Gasteiger partial charge < -0.3 is 14.2 Å². The van der Waals surface area contributed by atoms with Gasteiger partial charge in [0.25, 0.3) is 0 Å². The third-order valence-corrected chi connectivity index (χ3v) is 3.03. The Morgan fingerprint density at radius 1 is 0.857 bits per heavy atom. The lowest BCUT2D eigenvalue weighted by molar-refractivity contribution is -0.161. The fourth-order valence-electron chi connectivity index (χ4n) is 2.63. The zero-order valence-electron chi connectivity index (χ0n) is 14.2. The molecule has 0 unspecified atom stereocenters. The molecule has 0 atom stereocenters. The normalized spacial score (nSPS) is 11.6. The molecule has 5 nitrogen and oxygen atoms in total. The molecule has 0 aliphatic rings. The zero-order chi connectivity index (χ0) is 16.5. The second-order valence-electron chi connectivity index (χ2n) is 6.17. The summed E-state index contributed by atoms with van der Waals surface area (Å²) in [6.45, 7) is 12.2. The van der Waals surface area contributed by atoms with Crippen LogP contribution in [0.2, 0.25) is 0 Å². The first-order valence-corrected chi connectivity index (χ1v) is 7.74. The highest BCUT2D eigenvalue weighted by atomic mass is 16.7. The van der Waals surface area contributed by atoms with Crippen LogP contribution in [-0.4, -0.2) is 31.9 Å². The minimum Gasteiger partial charge on any atom is -0.465 e. The van der Waals surface area contributed by atoms with E-state index in [0.29, 0.717) is 31.3 Å². The second kappa shape index (κ2) is 9.64. The maximum atomic E-state index is 12.5. The molecule has 0 aromatic heterocycles. The van der Waals surface area contributed by atoms with Crippen LogP contribution in [0.4, 0.5) is 4.79 Å². The largest absolute Gasteiger partial charge is 0.508 e. The number of hydrogen-bond acceptors (Lipinski definition) is 5. The van der Waals surface area contributed by atoms with Crippen molar-refractivity contribution in [2.75, 3.05) is 19.8 Å². The van der Waals surface area contributed by atoms with Crippen molar-refractivity contribution in [2.24, 2.45) is 17.3 Å². The van der Waals surface area contributed by atoms with Crippen LogP contribution < -0.4 is 0 Å². The van der Waals surface area contributed by atoms with Crippen molar-refractivity contribution >= 4 is 12.1 Å². The Morgan fingerprint density at radius 2 is 1.33 bits per heavy atom. The Morgan fingerprint density at radius 3 is 1.71 bits per heavy atom. The van der Waals surface area contributed by atoms with Crippen molar-refractivity contribution in [3.8, 4) is 0 Å². The Hall–Kier alpha value is -1.26. The standard InChI is InChI=1S/C16H30O5/c1-7-19-14(17)16(9-12(3)4,10-13(5)6)11-21-15(18)20-8-2/h12-13H,7-11H2,1-6H3. The molecular formula is C16H30O5. The second-order valence-corrected chi connectivity index (χ2v) is 6.17. The lowest BCUT2D eigenvalue weighted by Crippen LogP contribution is -2.41. The fraction of sp³-hybridized carbons (Fsp3) is 0.875. The first-order chi connectivity index (χ1) is 9.77. The average Bonchev–Trinajstić information content (AvgIpc) is 2.35. The van der Waals surface area contributed by atoms with Gasteiger partial charge in [-0.05, 0) is 38.5 Å². The van der Waals surface area contributed by atoms with Gasteiger partial charge in [0.1, 0.15) is 12.0 Å². The third-order valence-electron chi connectivity index (χ3n) is 3.03. The number of ether oxygens (including phenoxy) is 3. The fourth-order valence-corrected chi connectivity index (χ4v) is 2.63. The van der Waals surface area contributed by atoms with Crippen LogP contribution in [0, 0.1) is 17.3 Å². The summed E-state index contributed by atoms with van der Waals surface area (Å²) >= 11 is 0. The molecular weight excluding hydrogens is 272 g/mol. The summed E-state index contributed by atoms with van der Waals surface area (Å²) in [6, 6.07) is 0. The quantitative estimate of drug-likeness (QED) is 0.606. The van der Waals surface area contributed by atoms with E-state index in [0.717, 1.165) is 0 Å². The van der Waals surface area contributed by atoms with Crippen molar-refractivity contribution in [1.29, 1.82) is 0 Å². The van der Waals surface area contributed by atoms with Gasteiger partial charge in [-0.3, -0.25) is 4.79 Å². The van der Waals surface area contributed by atoms with Crippen molar-refractivity contribution in [1.82, 2.24) is 0 Å². The molecule has 0 N–H and O–H groups in total. The van der Waals surface area contributed by atoms with E-state index in [1.54, 1.807) is 13.8 Å². The molecule has 0 rings (SSSR count). The lowest BCUT2D eigenvalue weighted by Gasteiger charge is -2.33. The Balaban J connectivity index is 5.14. The lowest BCUT2D eigenvalue weighted by atomic mass is 9.74. The van der Waals surface area contributed by atoms with Crippen LogP contribution in [0.3, 0.4) is 0 Å². The molecule has 0 fully saturated rings. The van der Waals surface area contributed by atoms with Crippen LogP contribution in [0.1, 0.15) is 54.4 Å². The van der Waals surface area contributed by atoms with Crippen molar-refractivity contribution in [3.05, 3.63) is 0 Å². The van der Waals surface area contributed by atoms with Gasteiger partial charge in [0.05, 0.1) is 13.2 Å². The van der Waals surface area contributed by atoms with Gasteiger partial charge in [0.15, 0.2) is 0 Å². The summed E-state index contributed by atoms with van der Waals surface area (Å²) in [7, 11) is 0. The summed E-state index contributed by atoms with van der Waals surface area (Å²) < 4.78 is 15.2. The van der Waals surface area contributed by atoms with E-state index >= 15 is 0 Å². The van der Waals surface area contributed by atoms with Crippen molar-refractivity contribution in [2.45, 2.75) is 54.4 Å². The predicted octanol–water partition coefficient (Wildman–Crippen LogP) is 3.80. The maximum absolute atomic E-state index is 12.5. The summed E-state index contributed by atoms with van der Waals surface area (Å²) in [5.74, 6) is 0.287. The number of hydrogen-bond donors (Lipinski definition) is 0. The predicted molar refractivity (Wildman–Crippen MR) is 81.0 cm³/mol. The summed E-state index contributed by atoms with van der Waals surface area (Å²) in [4.78, 5) is 23.9. The molecule has 0 amide bonds. The number of carbonyl (C=O) groups is 2. The van der Waals surface area contributed by atoms with E-state index in [-0.39, 0.29) is 19.2 Å². The SMILES string of the molecule is CCOC(=O)OCC(CC(C)C)(CC(C)C)C(=O)OCC. The van der Waals surface area contributed by atoms with Crippen LogP contribution in [0.15, 0.2) is 0 Å². The van der Waals surface area contributed by atoms with Crippen LogP contribution in [0.5, 0.6) is 0 Å². The van der Waals surface area contributed by atoms with Gasteiger partial charge in [-0.15, -0.1) is 0 Å². The number of esters is 1. The summed E-state index contributed by atoms with van der Waals surface area (Å²) in [5.41, 5.74) is -0.800. The minimum absolute atomic E-state index is 0.00102. The molecule has 0 saturated heterocycles. The zero-order valence-corrected chi connectivity index (χ0v) is 14.2. The summed E-state index contributed by atoms with van der Waals surface area (Å²) in [6.07, 6.45) is 0.492. The van der Waals surface area contributed by atoms with E-state index in [1.165, 1.54) is 0 Å². The highest BCUT2D eigenvalue weighted by Crippen LogP contribution is 2.36. The van der Waals surface area contributed by atoms with Crippen molar-refractivity contribution in [3.63, 3.8) is 0 Å². The molecule has 0 aromatic rings. The minimum atomic E-state index is -0.800. The highest BCUT2D eigenvalue weighted by molar-refractivity contribution is 5.77. The molecule has 5 heteroatoms. The van der Waals surface area contributed by atoms with Crippen LogP contribution in [0.25, 0.3) is 0 Å². The van der Waals surface area contributed by atoms with Crippen LogP contribution in [-0.2, 0) is 19.0 Å². The van der Waals surface area contributed by atoms with E-state index in [9.17, 15) is 9.59 Å². The van der Waals surface area contributed by atoms with Gasteiger partial charge in [-0.25, -0.2) is 4.79 Å². The van der Waals surface area contributed by atoms with Gasteiger partial charge in [-0.1, -0.05) is 27.7 Å². The summed E-state index contributed by atoms with van der Waals surface area (Å²) in [5, 5.41) is 0.